The third kappa shape index (κ3) is 4.59. The van der Waals surface area contributed by atoms with Crippen molar-refractivity contribution in [3.05, 3.63) is 46.1 Å². The van der Waals surface area contributed by atoms with Gasteiger partial charge >= 0.3 is 5.97 Å². The Balaban J connectivity index is 1.89. The zero-order valence-electron chi connectivity index (χ0n) is 16.0. The van der Waals surface area contributed by atoms with Crippen molar-refractivity contribution >= 4 is 43.9 Å². The van der Waals surface area contributed by atoms with E-state index in [1.54, 1.807) is 0 Å². The number of nitrogens with zero attached hydrogens (tertiary/aromatic N) is 1. The number of nitrogens with one attached hydrogen (secondary N) is 1. The number of hydrogen-bond donors (Lipinski definition) is 1. The highest BCUT2D eigenvalue weighted by molar-refractivity contribution is 7.92. The normalized spacial score (nSPS) is 13.5. The Labute approximate surface area is 172 Å². The molecule has 0 aliphatic heterocycles. The number of halogens is 1. The Kier molecular flexibility index (Phi) is 6.23. The molecule has 0 spiro atoms. The fraction of sp³-hybridized carbons (Fsp3) is 0.368. The molecule has 1 aromatic carbocycles. The van der Waals surface area contributed by atoms with E-state index in [0.717, 1.165) is 48.4 Å². The molecule has 1 aromatic heterocycles. The molecule has 0 radical (unpaired) electrons. The lowest BCUT2D eigenvalue weighted by Crippen LogP contribution is -2.38. The quantitative estimate of drug-likeness (QED) is 0.697. The second-order valence-electron chi connectivity index (χ2n) is 6.68. The van der Waals surface area contributed by atoms with Gasteiger partial charge in [0, 0.05) is 4.88 Å². The van der Waals surface area contributed by atoms with Crippen LogP contribution in [0.1, 0.15) is 33.6 Å². The molecule has 0 fully saturated rings. The summed E-state index contributed by atoms with van der Waals surface area (Å²) in [7, 11) is -2.65. The van der Waals surface area contributed by atoms with E-state index in [0.29, 0.717) is 14.9 Å². The highest BCUT2D eigenvalue weighted by atomic mass is 32.2. The summed E-state index contributed by atoms with van der Waals surface area (Å²) < 4.78 is 44.0. The van der Waals surface area contributed by atoms with Crippen molar-refractivity contribution in [1.82, 2.24) is 0 Å². The number of thiophene rings is 1. The molecule has 29 heavy (non-hydrogen) atoms. The fourth-order valence-corrected chi connectivity index (χ4v) is 5.45. The molecule has 1 N–H and O–H groups in total. The number of ether oxygens (including phenoxy) is 1. The predicted molar refractivity (Wildman–Crippen MR) is 110 cm³/mol. The van der Waals surface area contributed by atoms with Gasteiger partial charge in [-0.2, -0.15) is 0 Å². The zero-order chi connectivity index (χ0) is 21.2. The van der Waals surface area contributed by atoms with E-state index in [4.69, 9.17) is 4.74 Å². The number of carbonyl (C=O) groups excluding carboxylic acids is 2. The molecule has 1 aliphatic carbocycles. The molecule has 0 saturated heterocycles. The van der Waals surface area contributed by atoms with Crippen LogP contribution in [0.15, 0.2) is 24.3 Å². The molecule has 0 atom stereocenters. The lowest BCUT2D eigenvalue weighted by atomic mass is 9.95. The van der Waals surface area contributed by atoms with Gasteiger partial charge in [0.25, 0.3) is 0 Å². The summed E-state index contributed by atoms with van der Waals surface area (Å²) in [6.07, 6.45) is 4.37. The maximum Gasteiger partial charge on any atom is 0.341 e. The molecular formula is C19H21FN2O5S2. The molecule has 7 nitrogen and oxygen atoms in total. The van der Waals surface area contributed by atoms with Crippen molar-refractivity contribution in [2.45, 2.75) is 25.7 Å². The molecular weight excluding hydrogens is 419 g/mol. The van der Waals surface area contributed by atoms with E-state index in [-0.39, 0.29) is 5.69 Å². The largest absolute Gasteiger partial charge is 0.465 e. The van der Waals surface area contributed by atoms with E-state index in [1.807, 2.05) is 0 Å². The Morgan fingerprint density at radius 1 is 1.24 bits per heavy atom. The number of hydrogen-bond acceptors (Lipinski definition) is 6. The average molecular weight is 441 g/mol. The van der Waals surface area contributed by atoms with Gasteiger partial charge in [-0.1, -0.05) is 12.1 Å². The number of fused-ring (bicyclic) bond motifs is 1. The van der Waals surface area contributed by atoms with Gasteiger partial charge in [-0.15, -0.1) is 11.3 Å². The maximum absolute atomic E-state index is 14.1. The van der Waals surface area contributed by atoms with Gasteiger partial charge in [0.2, 0.25) is 15.9 Å². The van der Waals surface area contributed by atoms with Crippen LogP contribution in [0.2, 0.25) is 0 Å². The molecule has 10 heteroatoms. The molecule has 156 valence electrons. The fourth-order valence-electron chi connectivity index (χ4n) is 3.30. The predicted octanol–water partition coefficient (Wildman–Crippen LogP) is 2.96. The van der Waals surface area contributed by atoms with E-state index in [9.17, 15) is 22.4 Å². The average Bonchev–Trinajstić information content (AvgIpc) is 3.03. The number of anilines is 2. The number of esters is 1. The summed E-state index contributed by atoms with van der Waals surface area (Å²) in [5, 5.41) is 2.95. The molecule has 1 heterocycles. The van der Waals surface area contributed by atoms with Crippen LogP contribution in [0.4, 0.5) is 15.1 Å². The first-order valence-electron chi connectivity index (χ1n) is 8.97. The van der Waals surface area contributed by atoms with E-state index in [1.165, 1.54) is 36.6 Å². The molecule has 2 aromatic rings. The smallest absolute Gasteiger partial charge is 0.341 e. The summed E-state index contributed by atoms with van der Waals surface area (Å²) >= 11 is 1.29. The number of sulfonamides is 1. The standard InChI is InChI=1S/C19H21FN2O5S2/c1-27-19(24)17-12-7-3-6-10-15(12)28-18(17)21-16(23)11-22(29(2,25)26)14-9-5-4-8-13(14)20/h4-5,8-9H,3,6-7,10-11H2,1-2H3,(H,21,23). The van der Waals surface area contributed by atoms with Crippen molar-refractivity contribution in [3.8, 4) is 0 Å². The maximum atomic E-state index is 14.1. The molecule has 0 unspecified atom stereocenters. The second kappa shape index (κ2) is 8.50. The van der Waals surface area contributed by atoms with Gasteiger partial charge in [-0.3, -0.25) is 9.10 Å². The second-order valence-corrected chi connectivity index (χ2v) is 9.69. The van der Waals surface area contributed by atoms with Gasteiger partial charge in [0.1, 0.15) is 17.4 Å². The number of benzene rings is 1. The summed E-state index contributed by atoms with van der Waals surface area (Å²) in [5.41, 5.74) is 0.971. The van der Waals surface area contributed by atoms with E-state index >= 15 is 0 Å². The minimum atomic E-state index is -3.92. The van der Waals surface area contributed by atoms with Gasteiger partial charge in [0.15, 0.2) is 0 Å². The SMILES string of the molecule is COC(=O)c1c(NC(=O)CN(c2ccccc2F)S(C)(=O)=O)sc2c1CCCC2. The molecule has 3 rings (SSSR count). The number of amides is 1. The lowest BCUT2D eigenvalue weighted by molar-refractivity contribution is -0.114. The minimum Gasteiger partial charge on any atom is -0.465 e. The molecule has 0 saturated carbocycles. The van der Waals surface area contributed by atoms with Crippen LogP contribution >= 0.6 is 11.3 Å². The van der Waals surface area contributed by atoms with Crippen LogP contribution in [0.5, 0.6) is 0 Å². The zero-order valence-corrected chi connectivity index (χ0v) is 17.7. The van der Waals surface area contributed by atoms with Crippen LogP contribution in [-0.2, 0) is 32.4 Å². The summed E-state index contributed by atoms with van der Waals surface area (Å²) in [5.74, 6) is -1.98. The summed E-state index contributed by atoms with van der Waals surface area (Å²) in [6, 6.07) is 5.32. The van der Waals surface area contributed by atoms with Crippen LogP contribution in [0, 0.1) is 5.82 Å². The Hall–Kier alpha value is -2.46. The summed E-state index contributed by atoms with van der Waals surface area (Å²) in [4.78, 5) is 25.9. The Morgan fingerprint density at radius 2 is 1.93 bits per heavy atom. The highest BCUT2D eigenvalue weighted by Crippen LogP contribution is 2.38. The summed E-state index contributed by atoms with van der Waals surface area (Å²) in [6.45, 7) is -0.622. The highest BCUT2D eigenvalue weighted by Gasteiger charge is 2.28. The molecule has 1 aliphatic rings. The van der Waals surface area contributed by atoms with Crippen molar-refractivity contribution in [2.75, 3.05) is 29.5 Å². The molecule has 0 bridgehead atoms. The van der Waals surface area contributed by atoms with Gasteiger partial charge in [-0.05, 0) is 43.4 Å². The van der Waals surface area contributed by atoms with E-state index in [2.05, 4.69) is 5.32 Å². The van der Waals surface area contributed by atoms with Crippen molar-refractivity contribution in [3.63, 3.8) is 0 Å². The topological polar surface area (TPSA) is 92.8 Å². The lowest BCUT2D eigenvalue weighted by Gasteiger charge is -2.22. The first-order chi connectivity index (χ1) is 13.7. The van der Waals surface area contributed by atoms with Crippen molar-refractivity contribution < 1.29 is 27.1 Å². The Morgan fingerprint density at radius 3 is 2.59 bits per heavy atom. The number of para-hydroxylation sites is 1. The number of rotatable bonds is 6. The molecule has 1 amide bonds. The first kappa shape index (κ1) is 21.3. The van der Waals surface area contributed by atoms with Gasteiger partial charge in [0.05, 0.1) is 24.6 Å². The van der Waals surface area contributed by atoms with Crippen LogP contribution in [0.25, 0.3) is 0 Å². The van der Waals surface area contributed by atoms with Crippen LogP contribution in [0.3, 0.4) is 0 Å². The van der Waals surface area contributed by atoms with Crippen molar-refractivity contribution in [1.29, 1.82) is 0 Å². The van der Waals surface area contributed by atoms with Crippen LogP contribution < -0.4 is 9.62 Å². The van der Waals surface area contributed by atoms with Gasteiger partial charge < -0.3 is 10.1 Å². The minimum absolute atomic E-state index is 0.219. The number of carbonyl (C=O) groups is 2. The third-order valence-corrected chi connectivity index (χ3v) is 6.96. The van der Waals surface area contributed by atoms with Crippen LogP contribution in [-0.4, -0.2) is 40.2 Å². The third-order valence-electron chi connectivity index (χ3n) is 4.62. The van der Waals surface area contributed by atoms with Gasteiger partial charge in [-0.25, -0.2) is 17.6 Å². The Bertz CT molecular complexity index is 1050. The van der Waals surface area contributed by atoms with Crippen molar-refractivity contribution in [2.24, 2.45) is 0 Å². The van der Waals surface area contributed by atoms with E-state index < -0.39 is 34.3 Å². The number of methoxy groups -OCH3 is 1. The first-order valence-corrected chi connectivity index (χ1v) is 11.6. The number of aryl methyl sites for hydroxylation is 1. The monoisotopic (exact) mass is 440 g/mol.